The molecule has 4 rings (SSSR count). The van der Waals surface area contributed by atoms with Crippen LogP contribution in [0.4, 0.5) is 0 Å². The Balaban J connectivity index is 1.70. The van der Waals surface area contributed by atoms with E-state index in [9.17, 15) is 21.6 Å². The summed E-state index contributed by atoms with van der Waals surface area (Å²) in [5, 5.41) is 0.0628. The lowest BCUT2D eigenvalue weighted by atomic mass is 10.2. The lowest BCUT2D eigenvalue weighted by molar-refractivity contribution is 0.111. The van der Waals surface area contributed by atoms with Crippen LogP contribution in [0.5, 0.6) is 0 Å². The first-order valence-electron chi connectivity index (χ1n) is 11.2. The first-order chi connectivity index (χ1) is 18.0. The number of halogens is 1. The number of hydrogen-bond donors (Lipinski definition) is 0. The van der Waals surface area contributed by atoms with Crippen LogP contribution < -0.4 is 0 Å². The van der Waals surface area contributed by atoms with Crippen molar-refractivity contribution >= 4 is 44.1 Å². The number of aldehydes is 1. The normalized spacial score (nSPS) is 12.1. The van der Waals surface area contributed by atoms with Crippen molar-refractivity contribution < 1.29 is 21.6 Å². The molecule has 9 nitrogen and oxygen atoms in total. The van der Waals surface area contributed by atoms with E-state index in [-0.39, 0.29) is 27.2 Å². The molecule has 0 aliphatic heterocycles. The van der Waals surface area contributed by atoms with Gasteiger partial charge in [0.1, 0.15) is 22.8 Å². The fraction of sp³-hybridized carbons (Fsp3) is 0.115. The summed E-state index contributed by atoms with van der Waals surface area (Å²) < 4.78 is 57.6. The summed E-state index contributed by atoms with van der Waals surface area (Å²) in [6, 6.07) is 20.5. The fourth-order valence-electron chi connectivity index (χ4n) is 3.70. The SMILES string of the molecule is CN(C)/C=N/S(=O)(=O)c1ccccc1S(=O)(=O)c1ccc(Cn2c(-c3ccccc3)nc(Cl)c2C=O)cc1. The average molecular weight is 571 g/mol. The smallest absolute Gasteiger partial charge is 0.284 e. The van der Waals surface area contributed by atoms with Gasteiger partial charge in [0.25, 0.3) is 10.0 Å². The van der Waals surface area contributed by atoms with Crippen LogP contribution in [0.25, 0.3) is 11.4 Å². The van der Waals surface area contributed by atoms with Crippen molar-refractivity contribution in [2.75, 3.05) is 14.1 Å². The maximum atomic E-state index is 13.4. The highest BCUT2D eigenvalue weighted by Gasteiger charge is 2.27. The second-order valence-electron chi connectivity index (χ2n) is 8.44. The molecule has 0 saturated carbocycles. The van der Waals surface area contributed by atoms with Crippen molar-refractivity contribution in [3.8, 4) is 11.4 Å². The number of benzene rings is 3. The van der Waals surface area contributed by atoms with E-state index >= 15 is 0 Å². The van der Waals surface area contributed by atoms with Gasteiger partial charge in [0, 0.05) is 26.2 Å². The van der Waals surface area contributed by atoms with E-state index in [1.54, 1.807) is 30.8 Å². The van der Waals surface area contributed by atoms with Crippen molar-refractivity contribution in [1.29, 1.82) is 0 Å². The molecule has 0 spiro atoms. The molecule has 0 atom stereocenters. The Labute approximate surface area is 226 Å². The number of carbonyl (C=O) groups is 1. The Bertz CT molecular complexity index is 1720. The Morgan fingerprint density at radius 2 is 1.50 bits per heavy atom. The molecule has 0 amide bonds. The van der Waals surface area contributed by atoms with Crippen LogP contribution in [0, 0.1) is 0 Å². The lowest BCUT2D eigenvalue weighted by Gasteiger charge is -2.12. The Morgan fingerprint density at radius 1 is 0.895 bits per heavy atom. The van der Waals surface area contributed by atoms with Gasteiger partial charge in [0.15, 0.2) is 11.4 Å². The fourth-order valence-corrected chi connectivity index (χ4v) is 6.91. The molecule has 1 aromatic heterocycles. The van der Waals surface area contributed by atoms with E-state index in [0.717, 1.165) is 11.9 Å². The highest BCUT2D eigenvalue weighted by Crippen LogP contribution is 2.30. The predicted octanol–water partition coefficient (Wildman–Crippen LogP) is 4.18. The molecule has 0 radical (unpaired) electrons. The third-order valence-corrected chi connectivity index (χ3v) is 9.03. The summed E-state index contributed by atoms with van der Waals surface area (Å²) in [6.07, 6.45) is 1.71. The third-order valence-electron chi connectivity index (χ3n) is 5.51. The molecule has 0 bridgehead atoms. The zero-order chi connectivity index (χ0) is 27.5. The van der Waals surface area contributed by atoms with Gasteiger partial charge in [0.05, 0.1) is 9.79 Å². The standard InChI is InChI=1S/C26H23ClN4O5S2/c1-30(2)18-28-38(35,36)24-11-7-6-10-23(24)37(33,34)21-14-12-19(13-15-21)16-31-22(17-32)25(27)29-26(31)20-8-4-3-5-9-20/h3-15,17-18H,16H2,1-2H3/b28-18+. The molecule has 0 aliphatic carbocycles. The van der Waals surface area contributed by atoms with Crippen LogP contribution in [-0.4, -0.2) is 58.0 Å². The number of carbonyl (C=O) groups excluding carboxylic acids is 1. The van der Waals surface area contributed by atoms with Crippen molar-refractivity contribution in [1.82, 2.24) is 14.5 Å². The zero-order valence-electron chi connectivity index (χ0n) is 20.4. The summed E-state index contributed by atoms with van der Waals surface area (Å²) in [4.78, 5) is 16.6. The molecule has 3 aromatic carbocycles. The Hall–Kier alpha value is -3.80. The van der Waals surface area contributed by atoms with Gasteiger partial charge in [0.2, 0.25) is 9.84 Å². The number of aromatic nitrogens is 2. The second kappa shape index (κ2) is 10.9. The number of sulfonamides is 1. The van der Waals surface area contributed by atoms with Crippen LogP contribution in [0.2, 0.25) is 5.15 Å². The zero-order valence-corrected chi connectivity index (χ0v) is 22.8. The van der Waals surface area contributed by atoms with Crippen molar-refractivity contribution in [2.24, 2.45) is 4.40 Å². The largest absolute Gasteiger partial charge is 0.368 e. The quantitative estimate of drug-likeness (QED) is 0.168. The summed E-state index contributed by atoms with van der Waals surface area (Å²) in [7, 11) is -5.28. The van der Waals surface area contributed by atoms with Gasteiger partial charge in [-0.15, -0.1) is 4.40 Å². The molecule has 0 unspecified atom stereocenters. The molecule has 0 saturated heterocycles. The number of nitrogens with zero attached hydrogens (tertiary/aromatic N) is 4. The number of hydrogen-bond acceptors (Lipinski definition) is 6. The number of imidazole rings is 1. The van der Waals surface area contributed by atoms with Gasteiger partial charge in [-0.25, -0.2) is 13.4 Å². The number of rotatable bonds is 9. The second-order valence-corrected chi connectivity index (χ2v) is 12.3. The van der Waals surface area contributed by atoms with E-state index < -0.39 is 24.8 Å². The summed E-state index contributed by atoms with van der Waals surface area (Å²) in [5.74, 6) is 0.492. The molecule has 1 heterocycles. The molecule has 4 aromatic rings. The summed E-state index contributed by atoms with van der Waals surface area (Å²) in [6.45, 7) is 0.197. The van der Waals surface area contributed by atoms with E-state index in [2.05, 4.69) is 9.38 Å². The van der Waals surface area contributed by atoms with Crippen LogP contribution in [0.1, 0.15) is 16.1 Å². The maximum absolute atomic E-state index is 13.4. The average Bonchev–Trinajstić information content (AvgIpc) is 3.23. The summed E-state index contributed by atoms with van der Waals surface area (Å²) in [5.41, 5.74) is 1.63. The molecule has 0 fully saturated rings. The first-order valence-corrected chi connectivity index (χ1v) is 14.5. The van der Waals surface area contributed by atoms with Crippen LogP contribution in [0.15, 0.2) is 97.9 Å². The first kappa shape index (κ1) is 27.2. The van der Waals surface area contributed by atoms with E-state index in [0.29, 0.717) is 17.7 Å². The third kappa shape index (κ3) is 5.54. The van der Waals surface area contributed by atoms with Gasteiger partial charge in [-0.1, -0.05) is 66.2 Å². The number of sulfone groups is 1. The highest BCUT2D eigenvalue weighted by molar-refractivity contribution is 7.94. The molecular formula is C26H23ClN4O5S2. The van der Waals surface area contributed by atoms with Gasteiger partial charge in [-0.05, 0) is 29.8 Å². The van der Waals surface area contributed by atoms with Crippen LogP contribution in [0.3, 0.4) is 0 Å². The predicted molar refractivity (Wildman–Crippen MR) is 145 cm³/mol. The molecule has 38 heavy (non-hydrogen) atoms. The minimum Gasteiger partial charge on any atom is -0.368 e. The van der Waals surface area contributed by atoms with Gasteiger partial charge in [-0.3, -0.25) is 4.79 Å². The van der Waals surface area contributed by atoms with E-state index in [1.807, 2.05) is 30.3 Å². The maximum Gasteiger partial charge on any atom is 0.284 e. The topological polar surface area (TPSA) is 119 Å². The Kier molecular flexibility index (Phi) is 7.81. The molecular weight excluding hydrogens is 548 g/mol. The monoisotopic (exact) mass is 570 g/mol. The molecule has 196 valence electrons. The molecule has 12 heteroatoms. The minimum atomic E-state index is -4.27. The minimum absolute atomic E-state index is 0.0628. The van der Waals surface area contributed by atoms with Gasteiger partial charge in [-0.2, -0.15) is 8.42 Å². The summed E-state index contributed by atoms with van der Waals surface area (Å²) >= 11 is 6.21. The molecule has 0 aliphatic rings. The molecule has 0 N–H and O–H groups in total. The van der Waals surface area contributed by atoms with Crippen LogP contribution in [-0.2, 0) is 26.4 Å². The Morgan fingerprint density at radius 3 is 2.11 bits per heavy atom. The van der Waals surface area contributed by atoms with Gasteiger partial charge >= 0.3 is 0 Å². The van der Waals surface area contributed by atoms with Crippen molar-refractivity contribution in [3.05, 3.63) is 95.3 Å². The van der Waals surface area contributed by atoms with E-state index in [1.165, 1.54) is 41.3 Å². The van der Waals surface area contributed by atoms with E-state index in [4.69, 9.17) is 11.6 Å². The van der Waals surface area contributed by atoms with Gasteiger partial charge < -0.3 is 9.47 Å². The van der Waals surface area contributed by atoms with Crippen LogP contribution >= 0.6 is 11.6 Å². The van der Waals surface area contributed by atoms with Crippen molar-refractivity contribution in [2.45, 2.75) is 21.2 Å². The van der Waals surface area contributed by atoms with Crippen molar-refractivity contribution in [3.63, 3.8) is 0 Å². The highest BCUT2D eigenvalue weighted by atomic mass is 35.5. The lowest BCUT2D eigenvalue weighted by Crippen LogP contribution is -2.13.